The number of allylic oxidation sites excluding steroid dienone is 2. The van der Waals surface area contributed by atoms with Gasteiger partial charge in [0, 0.05) is 0 Å². The van der Waals surface area contributed by atoms with E-state index in [1.54, 1.807) is 0 Å². The Morgan fingerprint density at radius 2 is 0.723 bits per heavy atom. The lowest BCUT2D eigenvalue weighted by Crippen LogP contribution is -2.14. The van der Waals surface area contributed by atoms with Crippen molar-refractivity contribution >= 4 is 11.9 Å². The Morgan fingerprint density at radius 3 is 1.02 bits per heavy atom. The number of esters is 2. The van der Waals surface area contributed by atoms with Crippen LogP contribution in [0.2, 0.25) is 0 Å². The molecule has 4 nitrogen and oxygen atoms in total. The van der Waals surface area contributed by atoms with Crippen molar-refractivity contribution in [3.8, 4) is 0 Å². The summed E-state index contributed by atoms with van der Waals surface area (Å²) in [5, 5.41) is 0. The predicted molar refractivity (Wildman–Crippen MR) is 203 cm³/mol. The van der Waals surface area contributed by atoms with Crippen molar-refractivity contribution in [2.24, 2.45) is 35.5 Å². The van der Waals surface area contributed by atoms with Gasteiger partial charge in [-0.3, -0.25) is 9.59 Å². The molecule has 0 N–H and O–H groups in total. The molecule has 0 saturated heterocycles. The van der Waals surface area contributed by atoms with Gasteiger partial charge in [0.2, 0.25) is 0 Å². The first-order chi connectivity index (χ1) is 22.3. The zero-order valence-corrected chi connectivity index (χ0v) is 33.1. The Hall–Kier alpha value is -1.58. The summed E-state index contributed by atoms with van der Waals surface area (Å²) < 4.78 is 10.5. The highest BCUT2D eigenvalue weighted by molar-refractivity contribution is 5.91. The Balaban J connectivity index is 3.93. The molecule has 0 aliphatic rings. The molecule has 0 fully saturated rings. The van der Waals surface area contributed by atoms with Crippen molar-refractivity contribution in [3.63, 3.8) is 0 Å². The van der Waals surface area contributed by atoms with Crippen LogP contribution in [0.3, 0.4) is 0 Å². The molecule has 0 saturated carbocycles. The summed E-state index contributed by atoms with van der Waals surface area (Å²) in [7, 11) is 0. The van der Waals surface area contributed by atoms with Gasteiger partial charge in [-0.1, -0.05) is 156 Å². The molecule has 0 aromatic heterocycles. The van der Waals surface area contributed by atoms with Crippen LogP contribution in [0.25, 0.3) is 0 Å². The maximum absolute atomic E-state index is 12.1. The molecule has 0 amide bonds. The van der Waals surface area contributed by atoms with Crippen LogP contribution < -0.4 is 0 Å². The second kappa shape index (κ2) is 29.3. The average Bonchev–Trinajstić information content (AvgIpc) is 2.96. The molecule has 4 heteroatoms. The van der Waals surface area contributed by atoms with Crippen LogP contribution in [0, 0.1) is 35.5 Å². The molecule has 0 aromatic rings. The molecule has 276 valence electrons. The molecule has 47 heavy (non-hydrogen) atoms. The Labute approximate surface area is 293 Å². The summed E-state index contributed by atoms with van der Waals surface area (Å²) in [4.78, 5) is 24.2. The van der Waals surface area contributed by atoms with E-state index in [9.17, 15) is 9.59 Å². The van der Waals surface area contributed by atoms with E-state index in [-0.39, 0.29) is 19.6 Å². The standard InChI is InChI=1S/C43H80O4/c1-34(2)17-11-19-36(5)21-13-23-38(7)25-15-27-40(9)29-31-46-42(44)33-43(45)47-32-30-41(10)28-16-26-39(8)24-14-22-37(6)20-12-18-35(3)4/h29-30,34-39H,11-28,31-33H2,1-10H3. The van der Waals surface area contributed by atoms with E-state index < -0.39 is 11.9 Å². The zero-order chi connectivity index (χ0) is 35.5. The number of ether oxygens (including phenoxy) is 2. The fourth-order valence-electron chi connectivity index (χ4n) is 6.39. The van der Waals surface area contributed by atoms with Gasteiger partial charge in [0.05, 0.1) is 0 Å². The molecule has 0 heterocycles. The van der Waals surface area contributed by atoms with E-state index in [1.165, 1.54) is 101 Å². The van der Waals surface area contributed by atoms with Gasteiger partial charge in [0.15, 0.2) is 0 Å². The van der Waals surface area contributed by atoms with Gasteiger partial charge in [-0.15, -0.1) is 0 Å². The summed E-state index contributed by atoms with van der Waals surface area (Å²) in [5.74, 6) is 3.82. The van der Waals surface area contributed by atoms with Gasteiger partial charge in [0.25, 0.3) is 0 Å². The second-order valence-electron chi connectivity index (χ2n) is 16.4. The predicted octanol–water partition coefficient (Wildman–Crippen LogP) is 13.2. The van der Waals surface area contributed by atoms with Crippen molar-refractivity contribution in [2.45, 2.75) is 191 Å². The van der Waals surface area contributed by atoms with Crippen molar-refractivity contribution in [1.82, 2.24) is 0 Å². The number of carbonyl (C=O) groups is 2. The molecule has 0 aliphatic carbocycles. The number of hydrogen-bond acceptors (Lipinski definition) is 4. The Bertz CT molecular complexity index is 771. The second-order valence-corrected chi connectivity index (χ2v) is 16.4. The molecule has 0 aromatic carbocycles. The van der Waals surface area contributed by atoms with Gasteiger partial charge in [-0.2, -0.15) is 0 Å². The summed E-state index contributed by atoms with van der Waals surface area (Å²) in [6.45, 7) is 23.5. The molecule has 0 aliphatic heterocycles. The molecule has 0 radical (unpaired) electrons. The molecule has 0 spiro atoms. The van der Waals surface area contributed by atoms with Crippen molar-refractivity contribution in [2.75, 3.05) is 13.2 Å². The summed E-state index contributed by atoms with van der Waals surface area (Å²) in [5.41, 5.74) is 2.48. The third-order valence-electron chi connectivity index (χ3n) is 9.92. The molecule has 4 unspecified atom stereocenters. The van der Waals surface area contributed by atoms with E-state index in [0.29, 0.717) is 0 Å². The monoisotopic (exact) mass is 661 g/mol. The first kappa shape index (κ1) is 45.4. The Morgan fingerprint density at radius 1 is 0.447 bits per heavy atom. The molecular weight excluding hydrogens is 580 g/mol. The lowest BCUT2D eigenvalue weighted by molar-refractivity contribution is -0.153. The minimum atomic E-state index is -0.522. The maximum atomic E-state index is 12.1. The minimum absolute atomic E-state index is 0.219. The topological polar surface area (TPSA) is 52.6 Å². The van der Waals surface area contributed by atoms with Gasteiger partial charge in [0.1, 0.15) is 19.6 Å². The molecular formula is C43H80O4. The van der Waals surface area contributed by atoms with Crippen molar-refractivity contribution < 1.29 is 19.1 Å². The van der Waals surface area contributed by atoms with Crippen LogP contribution in [0.1, 0.15) is 191 Å². The fourth-order valence-corrected chi connectivity index (χ4v) is 6.39. The highest BCUT2D eigenvalue weighted by Gasteiger charge is 2.12. The van der Waals surface area contributed by atoms with Crippen LogP contribution in [0.4, 0.5) is 0 Å². The summed E-state index contributed by atoms with van der Waals surface area (Å²) in [6.07, 6.45) is 26.7. The van der Waals surface area contributed by atoms with Crippen LogP contribution in [0.5, 0.6) is 0 Å². The largest absolute Gasteiger partial charge is 0.461 e. The highest BCUT2D eigenvalue weighted by Crippen LogP contribution is 2.23. The molecule has 0 rings (SSSR count). The first-order valence-corrected chi connectivity index (χ1v) is 19.9. The Kier molecular flexibility index (Phi) is 28.4. The van der Waals surface area contributed by atoms with E-state index in [0.717, 1.165) is 61.2 Å². The van der Waals surface area contributed by atoms with Gasteiger partial charge >= 0.3 is 11.9 Å². The van der Waals surface area contributed by atoms with E-state index in [2.05, 4.69) is 69.2 Å². The van der Waals surface area contributed by atoms with Crippen LogP contribution in [-0.4, -0.2) is 25.2 Å². The minimum Gasteiger partial charge on any atom is -0.461 e. The van der Waals surface area contributed by atoms with Crippen molar-refractivity contribution in [1.29, 1.82) is 0 Å². The fraction of sp³-hybridized carbons (Fsp3) is 0.860. The quantitative estimate of drug-likeness (QED) is 0.0437. The van der Waals surface area contributed by atoms with Crippen molar-refractivity contribution in [3.05, 3.63) is 23.3 Å². The van der Waals surface area contributed by atoms with Gasteiger partial charge < -0.3 is 9.47 Å². The van der Waals surface area contributed by atoms with E-state index in [1.807, 2.05) is 12.2 Å². The molecule has 0 bridgehead atoms. The van der Waals surface area contributed by atoms with Crippen LogP contribution in [0.15, 0.2) is 23.3 Å². The summed E-state index contributed by atoms with van der Waals surface area (Å²) >= 11 is 0. The smallest absolute Gasteiger partial charge is 0.317 e. The zero-order valence-electron chi connectivity index (χ0n) is 33.1. The number of hydrogen-bond donors (Lipinski definition) is 0. The lowest BCUT2D eigenvalue weighted by atomic mass is 9.91. The van der Waals surface area contributed by atoms with E-state index in [4.69, 9.17) is 9.47 Å². The van der Waals surface area contributed by atoms with Gasteiger partial charge in [-0.05, 0) is 87.2 Å². The summed E-state index contributed by atoms with van der Waals surface area (Å²) in [6, 6.07) is 0. The SMILES string of the molecule is CC(=CCOC(=O)CC(=O)OCC=C(C)CCCC(C)CCCC(C)CCCC(C)C)CCCC(C)CCCC(C)CCCC(C)C. The third kappa shape index (κ3) is 31.4. The van der Waals surface area contributed by atoms with E-state index >= 15 is 0 Å². The first-order valence-electron chi connectivity index (χ1n) is 19.9. The maximum Gasteiger partial charge on any atom is 0.317 e. The average molecular weight is 661 g/mol. The lowest BCUT2D eigenvalue weighted by Gasteiger charge is -2.15. The molecule has 4 atom stereocenters. The third-order valence-corrected chi connectivity index (χ3v) is 9.92. The highest BCUT2D eigenvalue weighted by atomic mass is 16.6. The number of carbonyl (C=O) groups excluding carboxylic acids is 2. The number of rotatable bonds is 30. The van der Waals surface area contributed by atoms with Crippen LogP contribution >= 0.6 is 0 Å². The van der Waals surface area contributed by atoms with Crippen LogP contribution in [-0.2, 0) is 19.1 Å². The normalized spacial score (nSPS) is 15.1. The van der Waals surface area contributed by atoms with Gasteiger partial charge in [-0.25, -0.2) is 0 Å².